The standard InChI is InChI=1S/C8H9ClNO2P/c1-13(2,12)7-5-6(8(9)11)3-4-10-7/h3-5H,1-2H3. The van der Waals surface area contributed by atoms with Crippen molar-refractivity contribution in [3.8, 4) is 0 Å². The number of aromatic nitrogens is 1. The number of halogens is 1. The molecule has 13 heavy (non-hydrogen) atoms. The van der Waals surface area contributed by atoms with E-state index in [9.17, 15) is 9.36 Å². The lowest BCUT2D eigenvalue weighted by molar-refractivity contribution is 0.108. The first-order chi connectivity index (χ1) is 5.91. The summed E-state index contributed by atoms with van der Waals surface area (Å²) >= 11 is 5.27. The fourth-order valence-corrected chi connectivity index (χ4v) is 1.75. The van der Waals surface area contributed by atoms with E-state index in [1.54, 1.807) is 13.3 Å². The molecule has 0 bridgehead atoms. The molecule has 0 aliphatic rings. The molecule has 0 aliphatic heterocycles. The fourth-order valence-electron chi connectivity index (χ4n) is 0.835. The van der Waals surface area contributed by atoms with Crippen molar-refractivity contribution < 1.29 is 9.36 Å². The van der Waals surface area contributed by atoms with Gasteiger partial charge < -0.3 is 4.57 Å². The van der Waals surface area contributed by atoms with Gasteiger partial charge in [-0.15, -0.1) is 0 Å². The second kappa shape index (κ2) is 3.60. The Morgan fingerprint density at radius 2 is 2.15 bits per heavy atom. The van der Waals surface area contributed by atoms with Gasteiger partial charge in [0.1, 0.15) is 12.6 Å². The molecule has 0 amide bonds. The third-order valence-corrected chi connectivity index (χ3v) is 3.09. The van der Waals surface area contributed by atoms with Crippen LogP contribution in [0.1, 0.15) is 10.4 Å². The molecule has 0 N–H and O–H groups in total. The molecule has 0 saturated heterocycles. The van der Waals surface area contributed by atoms with Gasteiger partial charge in [0.2, 0.25) is 0 Å². The summed E-state index contributed by atoms with van der Waals surface area (Å²) in [6.45, 7) is 3.19. The van der Waals surface area contributed by atoms with Gasteiger partial charge in [-0.2, -0.15) is 0 Å². The summed E-state index contributed by atoms with van der Waals surface area (Å²) in [7, 11) is -2.41. The van der Waals surface area contributed by atoms with Gasteiger partial charge in [0, 0.05) is 11.8 Å². The minimum absolute atomic E-state index is 0.329. The zero-order valence-corrected chi connectivity index (χ0v) is 8.97. The Kier molecular flexibility index (Phi) is 2.89. The number of carbonyl (C=O) groups is 1. The van der Waals surface area contributed by atoms with Crippen LogP contribution in [0.2, 0.25) is 0 Å². The van der Waals surface area contributed by atoms with Crippen molar-refractivity contribution in [3.63, 3.8) is 0 Å². The van der Waals surface area contributed by atoms with Crippen LogP contribution in [0, 0.1) is 0 Å². The lowest BCUT2D eigenvalue weighted by Crippen LogP contribution is -2.09. The van der Waals surface area contributed by atoms with Crippen LogP contribution in [0.25, 0.3) is 0 Å². The number of nitrogens with zero attached hydrogens (tertiary/aromatic N) is 1. The molecule has 1 rings (SSSR count). The highest BCUT2D eigenvalue weighted by Crippen LogP contribution is 2.33. The van der Waals surface area contributed by atoms with E-state index in [0.29, 0.717) is 11.0 Å². The molecule has 0 spiro atoms. The van der Waals surface area contributed by atoms with E-state index >= 15 is 0 Å². The van der Waals surface area contributed by atoms with Crippen LogP contribution < -0.4 is 5.44 Å². The summed E-state index contributed by atoms with van der Waals surface area (Å²) < 4.78 is 11.6. The molecule has 1 heterocycles. The number of pyridine rings is 1. The van der Waals surface area contributed by atoms with Crippen molar-refractivity contribution in [1.82, 2.24) is 4.98 Å². The van der Waals surface area contributed by atoms with E-state index in [2.05, 4.69) is 4.98 Å². The van der Waals surface area contributed by atoms with Crippen LogP contribution in [-0.4, -0.2) is 23.6 Å². The lowest BCUT2D eigenvalue weighted by Gasteiger charge is -2.05. The highest BCUT2D eigenvalue weighted by Gasteiger charge is 2.14. The predicted molar refractivity (Wildman–Crippen MR) is 53.5 cm³/mol. The van der Waals surface area contributed by atoms with Crippen LogP contribution in [0.4, 0.5) is 0 Å². The average molecular weight is 218 g/mol. The van der Waals surface area contributed by atoms with Gasteiger partial charge in [-0.3, -0.25) is 9.78 Å². The van der Waals surface area contributed by atoms with Crippen molar-refractivity contribution in [2.24, 2.45) is 0 Å². The highest BCUT2D eigenvalue weighted by atomic mass is 35.5. The van der Waals surface area contributed by atoms with Crippen molar-refractivity contribution in [2.75, 3.05) is 13.3 Å². The molecule has 5 heteroatoms. The first-order valence-electron chi connectivity index (χ1n) is 3.62. The molecule has 0 radical (unpaired) electrons. The summed E-state index contributed by atoms with van der Waals surface area (Å²) in [4.78, 5) is 14.7. The Hall–Kier alpha value is -0.660. The summed E-state index contributed by atoms with van der Waals surface area (Å²) in [5.41, 5.74) is 0.759. The molecular weight excluding hydrogens is 209 g/mol. The lowest BCUT2D eigenvalue weighted by atomic mass is 10.3. The molecule has 1 aromatic rings. The SMILES string of the molecule is CP(C)(=O)c1cc(C(=O)Cl)ccn1. The molecule has 0 unspecified atom stereocenters. The van der Waals surface area contributed by atoms with E-state index in [4.69, 9.17) is 11.6 Å². The Morgan fingerprint density at radius 1 is 1.54 bits per heavy atom. The smallest absolute Gasteiger partial charge is 0.252 e. The quantitative estimate of drug-likeness (QED) is 0.560. The molecular formula is C8H9ClNO2P. The molecule has 3 nitrogen and oxygen atoms in total. The fraction of sp³-hybridized carbons (Fsp3) is 0.250. The van der Waals surface area contributed by atoms with Gasteiger partial charge in [-0.1, -0.05) is 0 Å². The Morgan fingerprint density at radius 3 is 2.62 bits per heavy atom. The summed E-state index contributed by atoms with van der Waals surface area (Å²) in [6, 6.07) is 2.96. The van der Waals surface area contributed by atoms with E-state index in [1.165, 1.54) is 18.3 Å². The highest BCUT2D eigenvalue weighted by molar-refractivity contribution is 7.69. The first kappa shape index (κ1) is 10.4. The van der Waals surface area contributed by atoms with Gasteiger partial charge in [-0.25, -0.2) is 0 Å². The first-order valence-corrected chi connectivity index (χ1v) is 6.60. The minimum atomic E-state index is -2.41. The maximum absolute atomic E-state index is 11.6. The maximum atomic E-state index is 11.6. The molecule has 0 saturated carbocycles. The normalized spacial score (nSPS) is 11.3. The van der Waals surface area contributed by atoms with Crippen molar-refractivity contribution in [3.05, 3.63) is 23.9 Å². The number of rotatable bonds is 2. The minimum Gasteiger partial charge on any atom is -0.318 e. The number of hydrogen-bond acceptors (Lipinski definition) is 3. The van der Waals surface area contributed by atoms with Crippen molar-refractivity contribution >= 4 is 29.4 Å². The zero-order valence-electron chi connectivity index (χ0n) is 7.32. The third-order valence-electron chi connectivity index (χ3n) is 1.52. The van der Waals surface area contributed by atoms with Gasteiger partial charge in [0.25, 0.3) is 5.24 Å². The summed E-state index contributed by atoms with van der Waals surface area (Å²) in [5.74, 6) is 0. The Labute approximate surface area is 81.5 Å². The topological polar surface area (TPSA) is 47.0 Å². The van der Waals surface area contributed by atoms with Gasteiger partial charge in [-0.05, 0) is 37.1 Å². The van der Waals surface area contributed by atoms with Crippen LogP contribution in [0.3, 0.4) is 0 Å². The summed E-state index contributed by atoms with van der Waals surface area (Å²) in [6.07, 6.45) is 1.44. The molecule has 1 aromatic heterocycles. The van der Waals surface area contributed by atoms with E-state index in [-0.39, 0.29) is 0 Å². The number of hydrogen-bond donors (Lipinski definition) is 0. The van der Waals surface area contributed by atoms with E-state index in [0.717, 1.165) is 0 Å². The Bertz CT molecular complexity index is 385. The Balaban J connectivity index is 3.21. The maximum Gasteiger partial charge on any atom is 0.252 e. The van der Waals surface area contributed by atoms with Gasteiger partial charge >= 0.3 is 0 Å². The van der Waals surface area contributed by atoms with E-state index < -0.39 is 12.4 Å². The molecule has 0 atom stereocenters. The van der Waals surface area contributed by atoms with Crippen molar-refractivity contribution in [2.45, 2.75) is 0 Å². The van der Waals surface area contributed by atoms with Gasteiger partial charge in [0.15, 0.2) is 0 Å². The van der Waals surface area contributed by atoms with Crippen LogP contribution in [-0.2, 0) is 4.57 Å². The number of carbonyl (C=O) groups excluding carboxylic acids is 1. The second-order valence-electron chi connectivity index (χ2n) is 3.03. The van der Waals surface area contributed by atoms with E-state index in [1.807, 2.05) is 0 Å². The molecule has 0 fully saturated rings. The van der Waals surface area contributed by atoms with Crippen LogP contribution in [0.5, 0.6) is 0 Å². The largest absolute Gasteiger partial charge is 0.318 e. The van der Waals surface area contributed by atoms with Crippen LogP contribution >= 0.6 is 18.7 Å². The molecule has 0 aromatic carbocycles. The summed E-state index contributed by atoms with van der Waals surface area (Å²) in [5, 5.41) is -0.558. The van der Waals surface area contributed by atoms with Crippen LogP contribution in [0.15, 0.2) is 18.3 Å². The monoisotopic (exact) mass is 217 g/mol. The molecule has 70 valence electrons. The van der Waals surface area contributed by atoms with Crippen molar-refractivity contribution in [1.29, 1.82) is 0 Å². The average Bonchev–Trinajstić information content (AvgIpc) is 2.03. The van der Waals surface area contributed by atoms with Gasteiger partial charge in [0.05, 0.1) is 0 Å². The molecule has 0 aliphatic carbocycles. The third kappa shape index (κ3) is 2.64. The predicted octanol–water partition coefficient (Wildman–Crippen LogP) is 1.71. The second-order valence-corrected chi connectivity index (χ2v) is 6.53. The zero-order chi connectivity index (χ0) is 10.1.